The molecule has 1 N–H and O–H groups in total. The fourth-order valence-corrected chi connectivity index (χ4v) is 4.39. The summed E-state index contributed by atoms with van der Waals surface area (Å²) in [4.78, 5) is 42.5. The van der Waals surface area contributed by atoms with E-state index in [1.54, 1.807) is 41.3 Å². The third-order valence-corrected chi connectivity index (χ3v) is 6.00. The van der Waals surface area contributed by atoms with Gasteiger partial charge in [0.15, 0.2) is 0 Å². The highest BCUT2D eigenvalue weighted by Crippen LogP contribution is 2.36. The van der Waals surface area contributed by atoms with Crippen LogP contribution in [0.1, 0.15) is 28.8 Å². The summed E-state index contributed by atoms with van der Waals surface area (Å²) in [5, 5.41) is 6.75. The molecule has 9 heteroatoms. The first-order valence-electron chi connectivity index (χ1n) is 10.3. The number of aryl methyl sites for hydroxylation is 1. The number of amides is 3. The van der Waals surface area contributed by atoms with Gasteiger partial charge in [-0.15, -0.1) is 0 Å². The lowest BCUT2D eigenvalue weighted by Gasteiger charge is -2.29. The van der Waals surface area contributed by atoms with Gasteiger partial charge in [-0.25, -0.2) is 0 Å². The average Bonchev–Trinajstić information content (AvgIpc) is 3.33. The highest BCUT2D eigenvalue weighted by atomic mass is 16.5. The molecule has 0 aliphatic carbocycles. The van der Waals surface area contributed by atoms with E-state index in [1.807, 2.05) is 25.2 Å². The second-order valence-electron chi connectivity index (χ2n) is 7.92. The molecule has 1 atom stereocenters. The van der Waals surface area contributed by atoms with Gasteiger partial charge >= 0.3 is 0 Å². The molecule has 0 bridgehead atoms. The predicted molar refractivity (Wildman–Crippen MR) is 114 cm³/mol. The van der Waals surface area contributed by atoms with Gasteiger partial charge in [0.2, 0.25) is 11.8 Å². The molecule has 3 amide bonds. The van der Waals surface area contributed by atoms with E-state index in [2.05, 4.69) is 15.4 Å². The molecule has 2 aliphatic rings. The molecule has 0 radical (unpaired) electrons. The number of hydrogen-bond donors (Lipinski definition) is 1. The number of methoxy groups -OCH3 is 1. The molecule has 1 saturated heterocycles. The maximum atomic E-state index is 13.0. The molecule has 2 aliphatic heterocycles. The van der Waals surface area contributed by atoms with Crippen molar-refractivity contribution in [3.63, 3.8) is 0 Å². The first-order valence-corrected chi connectivity index (χ1v) is 10.3. The maximum absolute atomic E-state index is 13.0. The Balaban J connectivity index is 1.49. The SMILES string of the molecule is COc1cncc(-c2c(-c3ccc4c(c3)CN([C@H]3CCC(=O)NC3=O)C4=O)cnn2C)c1. The Bertz CT molecular complexity index is 1270. The summed E-state index contributed by atoms with van der Waals surface area (Å²) in [6, 6.07) is 6.91. The fraction of sp³-hybridized carbons (Fsp3) is 0.261. The molecule has 0 unspecified atom stereocenters. The van der Waals surface area contributed by atoms with Crippen molar-refractivity contribution in [2.75, 3.05) is 7.11 Å². The van der Waals surface area contributed by atoms with Crippen molar-refractivity contribution >= 4 is 17.7 Å². The van der Waals surface area contributed by atoms with Crippen molar-refractivity contribution < 1.29 is 19.1 Å². The van der Waals surface area contributed by atoms with Gasteiger partial charge in [-0.1, -0.05) is 6.07 Å². The molecular weight excluding hydrogens is 410 g/mol. The fourth-order valence-electron chi connectivity index (χ4n) is 4.39. The van der Waals surface area contributed by atoms with Crippen LogP contribution in [0.2, 0.25) is 0 Å². The largest absolute Gasteiger partial charge is 0.495 e. The van der Waals surface area contributed by atoms with Crippen LogP contribution >= 0.6 is 0 Å². The zero-order chi connectivity index (χ0) is 22.4. The van der Waals surface area contributed by atoms with Gasteiger partial charge in [-0.05, 0) is 35.7 Å². The van der Waals surface area contributed by atoms with Crippen molar-refractivity contribution in [3.05, 3.63) is 54.0 Å². The lowest BCUT2D eigenvalue weighted by atomic mass is 9.98. The minimum absolute atomic E-state index is 0.190. The molecule has 4 heterocycles. The van der Waals surface area contributed by atoms with Gasteiger partial charge in [-0.2, -0.15) is 5.10 Å². The Morgan fingerprint density at radius 1 is 1.06 bits per heavy atom. The summed E-state index contributed by atoms with van der Waals surface area (Å²) in [6.07, 6.45) is 5.75. The van der Waals surface area contributed by atoms with Gasteiger partial charge < -0.3 is 9.64 Å². The number of ether oxygens (including phenoxy) is 1. The van der Waals surface area contributed by atoms with Crippen LogP contribution in [0.4, 0.5) is 0 Å². The van der Waals surface area contributed by atoms with E-state index in [4.69, 9.17) is 4.74 Å². The molecule has 1 fully saturated rings. The van der Waals surface area contributed by atoms with E-state index in [-0.39, 0.29) is 18.2 Å². The number of fused-ring (bicyclic) bond motifs is 1. The van der Waals surface area contributed by atoms with Crippen molar-refractivity contribution in [3.8, 4) is 28.1 Å². The van der Waals surface area contributed by atoms with Crippen LogP contribution in [-0.4, -0.2) is 50.5 Å². The molecule has 162 valence electrons. The van der Waals surface area contributed by atoms with Crippen molar-refractivity contribution in [2.24, 2.45) is 7.05 Å². The summed E-state index contributed by atoms with van der Waals surface area (Å²) >= 11 is 0. The zero-order valence-corrected chi connectivity index (χ0v) is 17.7. The Morgan fingerprint density at radius 3 is 2.69 bits per heavy atom. The lowest BCUT2D eigenvalue weighted by Crippen LogP contribution is -2.52. The molecule has 32 heavy (non-hydrogen) atoms. The molecule has 0 saturated carbocycles. The van der Waals surface area contributed by atoms with E-state index in [1.165, 1.54) is 0 Å². The summed E-state index contributed by atoms with van der Waals surface area (Å²) in [5.41, 5.74) is 4.97. The number of imide groups is 1. The number of nitrogens with one attached hydrogen (secondary N) is 1. The third kappa shape index (κ3) is 3.22. The second kappa shape index (κ2) is 7.60. The van der Waals surface area contributed by atoms with Gasteiger partial charge in [-0.3, -0.25) is 29.4 Å². The van der Waals surface area contributed by atoms with E-state index >= 15 is 0 Å². The predicted octanol–water partition coefficient (Wildman–Crippen LogP) is 1.92. The van der Waals surface area contributed by atoms with Gasteiger partial charge in [0, 0.05) is 42.9 Å². The summed E-state index contributed by atoms with van der Waals surface area (Å²) in [6.45, 7) is 0.324. The van der Waals surface area contributed by atoms with Gasteiger partial charge in [0.25, 0.3) is 5.91 Å². The smallest absolute Gasteiger partial charge is 0.255 e. The molecule has 0 spiro atoms. The Kier molecular flexibility index (Phi) is 4.73. The molecule has 2 aromatic heterocycles. The van der Waals surface area contributed by atoms with Crippen molar-refractivity contribution in [1.82, 2.24) is 25.0 Å². The first kappa shape index (κ1) is 19.9. The van der Waals surface area contributed by atoms with Crippen LogP contribution in [0.3, 0.4) is 0 Å². The molecule has 9 nitrogen and oxygen atoms in total. The van der Waals surface area contributed by atoms with Crippen LogP contribution in [0.25, 0.3) is 22.4 Å². The van der Waals surface area contributed by atoms with Crippen molar-refractivity contribution in [1.29, 1.82) is 0 Å². The van der Waals surface area contributed by atoms with Crippen LogP contribution < -0.4 is 10.1 Å². The number of carbonyl (C=O) groups excluding carboxylic acids is 3. The molecule has 3 aromatic rings. The lowest BCUT2D eigenvalue weighted by molar-refractivity contribution is -0.136. The second-order valence-corrected chi connectivity index (χ2v) is 7.92. The highest BCUT2D eigenvalue weighted by Gasteiger charge is 2.39. The van der Waals surface area contributed by atoms with Gasteiger partial charge in [0.05, 0.1) is 25.2 Å². The third-order valence-electron chi connectivity index (χ3n) is 6.00. The average molecular weight is 431 g/mol. The molecular formula is C23H21N5O4. The van der Waals surface area contributed by atoms with Crippen LogP contribution in [0, 0.1) is 0 Å². The minimum Gasteiger partial charge on any atom is -0.495 e. The Labute approximate surface area is 184 Å². The Morgan fingerprint density at radius 2 is 1.91 bits per heavy atom. The van der Waals surface area contributed by atoms with Crippen LogP contribution in [-0.2, 0) is 23.2 Å². The minimum atomic E-state index is -0.632. The standard InChI is InChI=1S/C23H21N5O4/c1-27-21(14-8-16(32-2)10-24-9-14)18(11-25-27)13-3-4-17-15(7-13)12-28(23(17)31)19-5-6-20(29)26-22(19)30/h3-4,7-11,19H,5-6,12H2,1-2H3,(H,26,29,30)/t19-/m0/s1. The molecule has 5 rings (SSSR count). The quantitative estimate of drug-likeness (QED) is 0.633. The van der Waals surface area contributed by atoms with Crippen LogP contribution in [0.15, 0.2) is 42.9 Å². The number of pyridine rings is 1. The normalized spacial score (nSPS) is 18.0. The highest BCUT2D eigenvalue weighted by molar-refractivity contribution is 6.05. The first-order chi connectivity index (χ1) is 15.5. The number of nitrogens with zero attached hydrogens (tertiary/aromatic N) is 4. The number of benzene rings is 1. The summed E-state index contributed by atoms with van der Waals surface area (Å²) in [7, 11) is 3.45. The number of rotatable bonds is 4. The summed E-state index contributed by atoms with van der Waals surface area (Å²) in [5.74, 6) is -0.255. The topological polar surface area (TPSA) is 106 Å². The van der Waals surface area contributed by atoms with Crippen LogP contribution in [0.5, 0.6) is 5.75 Å². The van der Waals surface area contributed by atoms with E-state index < -0.39 is 11.9 Å². The van der Waals surface area contributed by atoms with E-state index in [0.29, 0.717) is 24.3 Å². The monoisotopic (exact) mass is 431 g/mol. The maximum Gasteiger partial charge on any atom is 0.255 e. The number of carbonyl (C=O) groups is 3. The van der Waals surface area contributed by atoms with Gasteiger partial charge in [0.1, 0.15) is 11.8 Å². The number of piperidine rings is 1. The van der Waals surface area contributed by atoms with Crippen molar-refractivity contribution in [2.45, 2.75) is 25.4 Å². The Hall–Kier alpha value is -4.01. The number of aromatic nitrogens is 3. The van der Waals surface area contributed by atoms with E-state index in [0.717, 1.165) is 27.9 Å². The summed E-state index contributed by atoms with van der Waals surface area (Å²) < 4.78 is 7.08. The number of hydrogen-bond acceptors (Lipinski definition) is 6. The zero-order valence-electron chi connectivity index (χ0n) is 17.7. The molecule has 1 aromatic carbocycles. The van der Waals surface area contributed by atoms with E-state index in [9.17, 15) is 14.4 Å².